The summed E-state index contributed by atoms with van der Waals surface area (Å²) < 4.78 is 5.25. The van der Waals surface area contributed by atoms with E-state index in [0.717, 1.165) is 6.42 Å². The Morgan fingerprint density at radius 2 is 2.38 bits per heavy atom. The smallest absolute Gasteiger partial charge is 0.318 e. The molecule has 0 saturated carbocycles. The summed E-state index contributed by atoms with van der Waals surface area (Å²) >= 11 is 1.72. The van der Waals surface area contributed by atoms with Gasteiger partial charge in [-0.2, -0.15) is 0 Å². The van der Waals surface area contributed by atoms with Crippen molar-refractivity contribution in [2.45, 2.75) is 25.9 Å². The summed E-state index contributed by atoms with van der Waals surface area (Å²) in [6.45, 7) is 3.23. The van der Waals surface area contributed by atoms with Gasteiger partial charge in [-0.05, 0) is 30.4 Å². The summed E-state index contributed by atoms with van der Waals surface area (Å²) in [5, 5.41) is 14.2. The second-order valence-electron chi connectivity index (χ2n) is 5.78. The van der Waals surface area contributed by atoms with Gasteiger partial charge in [0.15, 0.2) is 0 Å². The van der Waals surface area contributed by atoms with Crippen LogP contribution < -0.4 is 5.32 Å². The molecule has 0 radical (unpaired) electrons. The summed E-state index contributed by atoms with van der Waals surface area (Å²) in [7, 11) is 0. The summed E-state index contributed by atoms with van der Waals surface area (Å²) in [6, 6.07) is 1.33. The van der Waals surface area contributed by atoms with E-state index in [9.17, 15) is 14.7 Å². The molecule has 0 spiro atoms. The van der Waals surface area contributed by atoms with Gasteiger partial charge in [0, 0.05) is 18.0 Å². The maximum atomic E-state index is 12.4. The fourth-order valence-corrected chi connectivity index (χ4v) is 3.64. The van der Waals surface area contributed by atoms with Gasteiger partial charge in [0.25, 0.3) is 0 Å². The van der Waals surface area contributed by atoms with Gasteiger partial charge in [0.05, 0.1) is 19.3 Å². The third-order valence-corrected chi connectivity index (χ3v) is 5.36. The van der Waals surface area contributed by atoms with Crippen LogP contribution in [0.5, 0.6) is 0 Å². The van der Waals surface area contributed by atoms with Crippen molar-refractivity contribution < 1.29 is 19.4 Å². The van der Waals surface area contributed by atoms with Crippen LogP contribution in [0.2, 0.25) is 0 Å². The predicted molar refractivity (Wildman–Crippen MR) is 77.3 cm³/mol. The number of urea groups is 1. The summed E-state index contributed by atoms with van der Waals surface area (Å²) in [5.74, 6) is -0.941. The molecule has 114 valence electrons. The number of amides is 2. The zero-order valence-electron chi connectivity index (χ0n) is 11.8. The van der Waals surface area contributed by atoms with Gasteiger partial charge in [-0.1, -0.05) is 0 Å². The molecule has 21 heavy (non-hydrogen) atoms. The number of nitrogens with zero attached hydrogens (tertiary/aromatic N) is 1. The minimum Gasteiger partial charge on any atom is -0.481 e. The van der Waals surface area contributed by atoms with Crippen LogP contribution in [0.15, 0.2) is 11.4 Å². The highest BCUT2D eigenvalue weighted by Crippen LogP contribution is 2.29. The average Bonchev–Trinajstić information content (AvgIpc) is 3.06. The van der Waals surface area contributed by atoms with Crippen molar-refractivity contribution >= 4 is 23.3 Å². The minimum absolute atomic E-state index is 0.127. The number of carbonyl (C=O) groups excluding carboxylic acids is 1. The lowest BCUT2D eigenvalue weighted by molar-refractivity contribution is -0.148. The Morgan fingerprint density at radius 1 is 1.57 bits per heavy atom. The molecular weight excluding hydrogens is 292 g/mol. The number of carbonyl (C=O) groups is 2. The van der Waals surface area contributed by atoms with Crippen LogP contribution >= 0.6 is 11.3 Å². The number of fused-ring (bicyclic) bond motifs is 1. The minimum atomic E-state index is -1.06. The van der Waals surface area contributed by atoms with E-state index in [1.54, 1.807) is 23.2 Å². The standard InChI is InChI=1S/C14H18N2O4S/c1-14(12(17)18)8-20-7-11(14)15-13(19)16-4-2-10-9(6-16)3-5-21-10/h3,5,11H,2,4,6-8H2,1H3,(H,15,19)(H,17,18). The first-order valence-corrected chi connectivity index (χ1v) is 7.80. The molecule has 0 aliphatic carbocycles. The molecule has 1 fully saturated rings. The highest BCUT2D eigenvalue weighted by atomic mass is 32.1. The number of nitrogens with one attached hydrogen (secondary N) is 1. The SMILES string of the molecule is CC1(C(=O)O)COCC1NC(=O)N1CCc2sccc2C1. The molecule has 1 aromatic heterocycles. The average molecular weight is 310 g/mol. The number of rotatable bonds is 2. The van der Waals surface area contributed by atoms with E-state index >= 15 is 0 Å². The number of aliphatic carboxylic acids is 1. The molecule has 1 saturated heterocycles. The Balaban J connectivity index is 1.66. The van der Waals surface area contributed by atoms with Crippen LogP contribution in [0.4, 0.5) is 4.79 Å². The molecule has 3 rings (SSSR count). The van der Waals surface area contributed by atoms with Crippen molar-refractivity contribution in [3.63, 3.8) is 0 Å². The third-order valence-electron chi connectivity index (χ3n) is 4.34. The van der Waals surface area contributed by atoms with Gasteiger partial charge < -0.3 is 20.1 Å². The Hall–Kier alpha value is -1.60. The monoisotopic (exact) mass is 310 g/mol. The van der Waals surface area contributed by atoms with Crippen LogP contribution in [0, 0.1) is 5.41 Å². The Kier molecular flexibility index (Phi) is 3.62. The van der Waals surface area contributed by atoms with Gasteiger partial charge in [-0.3, -0.25) is 4.79 Å². The number of hydrogen-bond donors (Lipinski definition) is 2. The fraction of sp³-hybridized carbons (Fsp3) is 0.571. The second kappa shape index (κ2) is 5.31. The maximum absolute atomic E-state index is 12.4. The van der Waals surface area contributed by atoms with Gasteiger partial charge in [0.2, 0.25) is 0 Å². The maximum Gasteiger partial charge on any atom is 0.318 e. The zero-order chi connectivity index (χ0) is 15.0. The van der Waals surface area contributed by atoms with E-state index in [-0.39, 0.29) is 19.2 Å². The first-order chi connectivity index (χ1) is 10.0. The molecule has 6 nitrogen and oxygen atoms in total. The lowest BCUT2D eigenvalue weighted by Gasteiger charge is -2.31. The number of thiophene rings is 1. The van der Waals surface area contributed by atoms with E-state index in [2.05, 4.69) is 5.32 Å². The topological polar surface area (TPSA) is 78.9 Å². The molecular formula is C14H18N2O4S. The molecule has 2 unspecified atom stereocenters. The van der Waals surface area contributed by atoms with Gasteiger partial charge in [-0.25, -0.2) is 4.79 Å². The predicted octanol–water partition coefficient (Wildman–Crippen LogP) is 1.31. The van der Waals surface area contributed by atoms with Crippen molar-refractivity contribution in [3.8, 4) is 0 Å². The number of carboxylic acids is 1. The van der Waals surface area contributed by atoms with Crippen molar-refractivity contribution in [1.29, 1.82) is 0 Å². The molecule has 2 atom stereocenters. The van der Waals surface area contributed by atoms with Gasteiger partial charge >= 0.3 is 12.0 Å². The Bertz CT molecular complexity index is 573. The van der Waals surface area contributed by atoms with Gasteiger partial charge in [-0.15, -0.1) is 11.3 Å². The van der Waals surface area contributed by atoms with Gasteiger partial charge in [0.1, 0.15) is 5.41 Å². The van der Waals surface area contributed by atoms with Crippen LogP contribution in [-0.4, -0.2) is 47.8 Å². The highest BCUT2D eigenvalue weighted by Gasteiger charge is 2.47. The fourth-order valence-electron chi connectivity index (χ4n) is 2.75. The summed E-state index contributed by atoms with van der Waals surface area (Å²) in [6.07, 6.45) is 0.859. The normalized spacial score (nSPS) is 28.2. The third kappa shape index (κ3) is 2.51. The largest absolute Gasteiger partial charge is 0.481 e. The molecule has 0 bridgehead atoms. The number of hydrogen-bond acceptors (Lipinski definition) is 4. The quantitative estimate of drug-likeness (QED) is 0.863. The zero-order valence-corrected chi connectivity index (χ0v) is 12.6. The molecule has 7 heteroatoms. The Morgan fingerprint density at radius 3 is 3.14 bits per heavy atom. The molecule has 2 amide bonds. The van der Waals surface area contributed by atoms with Crippen molar-refractivity contribution in [2.75, 3.05) is 19.8 Å². The lowest BCUT2D eigenvalue weighted by Crippen LogP contribution is -2.53. The number of ether oxygens (including phenoxy) is 1. The molecule has 2 aliphatic rings. The van der Waals surface area contributed by atoms with Crippen LogP contribution in [-0.2, 0) is 22.5 Å². The van der Waals surface area contributed by atoms with Crippen molar-refractivity contribution in [2.24, 2.45) is 5.41 Å². The van der Waals surface area contributed by atoms with Crippen LogP contribution in [0.1, 0.15) is 17.4 Å². The first-order valence-electron chi connectivity index (χ1n) is 6.92. The van der Waals surface area contributed by atoms with E-state index in [4.69, 9.17) is 4.74 Å². The second-order valence-corrected chi connectivity index (χ2v) is 6.78. The summed E-state index contributed by atoms with van der Waals surface area (Å²) in [5.41, 5.74) is 0.129. The van der Waals surface area contributed by atoms with Crippen molar-refractivity contribution in [1.82, 2.24) is 10.2 Å². The van der Waals surface area contributed by atoms with E-state index < -0.39 is 17.4 Å². The van der Waals surface area contributed by atoms with E-state index in [0.29, 0.717) is 13.1 Å². The highest BCUT2D eigenvalue weighted by molar-refractivity contribution is 7.10. The summed E-state index contributed by atoms with van der Waals surface area (Å²) in [4.78, 5) is 26.8. The molecule has 0 aromatic carbocycles. The van der Waals surface area contributed by atoms with Crippen LogP contribution in [0.25, 0.3) is 0 Å². The van der Waals surface area contributed by atoms with Crippen molar-refractivity contribution in [3.05, 3.63) is 21.9 Å². The van der Waals surface area contributed by atoms with E-state index in [1.807, 2.05) is 11.4 Å². The lowest BCUT2D eigenvalue weighted by atomic mass is 9.85. The molecule has 3 heterocycles. The molecule has 2 aliphatic heterocycles. The number of carboxylic acid groups (broad SMARTS) is 1. The van der Waals surface area contributed by atoms with E-state index in [1.165, 1.54) is 10.4 Å². The van der Waals surface area contributed by atoms with Crippen LogP contribution in [0.3, 0.4) is 0 Å². The first kappa shape index (κ1) is 14.3. The molecule has 2 N–H and O–H groups in total. The Labute approximate surface area is 126 Å². The molecule has 1 aromatic rings.